The van der Waals surface area contributed by atoms with Gasteiger partial charge in [0.05, 0.1) is 13.2 Å². The molecular formula is C14H16N2O3. The molecule has 5 nitrogen and oxygen atoms in total. The van der Waals surface area contributed by atoms with Crippen molar-refractivity contribution in [2.45, 2.75) is 13.5 Å². The maximum Gasteiger partial charge on any atom is 0.358 e. The zero-order valence-electron chi connectivity index (χ0n) is 11.0. The van der Waals surface area contributed by atoms with E-state index in [2.05, 4.69) is 4.98 Å². The Morgan fingerprint density at radius 1 is 1.42 bits per heavy atom. The summed E-state index contributed by atoms with van der Waals surface area (Å²) in [6, 6.07) is 7.85. The Morgan fingerprint density at radius 3 is 3.00 bits per heavy atom. The molecule has 1 aromatic heterocycles. The lowest BCUT2D eigenvalue weighted by atomic mass is 10.2. The van der Waals surface area contributed by atoms with E-state index < -0.39 is 5.97 Å². The smallest absolute Gasteiger partial charge is 0.358 e. The van der Waals surface area contributed by atoms with E-state index in [1.54, 1.807) is 31.1 Å². The molecule has 0 N–H and O–H groups in total. The Labute approximate surface area is 111 Å². The first-order valence-electron chi connectivity index (χ1n) is 6.04. The summed E-state index contributed by atoms with van der Waals surface area (Å²) < 4.78 is 11.8. The summed E-state index contributed by atoms with van der Waals surface area (Å²) >= 11 is 0. The molecule has 0 bridgehead atoms. The minimum absolute atomic E-state index is 0.305. The topological polar surface area (TPSA) is 53.4 Å². The number of carbonyl (C=O) groups is 1. The lowest BCUT2D eigenvalue weighted by Gasteiger charge is -2.05. The number of esters is 1. The normalized spacial score (nSPS) is 10.4. The Kier molecular flexibility index (Phi) is 4.30. The highest BCUT2D eigenvalue weighted by molar-refractivity contribution is 5.87. The predicted molar refractivity (Wildman–Crippen MR) is 70.2 cm³/mol. The van der Waals surface area contributed by atoms with Crippen LogP contribution < -0.4 is 0 Å². The molecule has 1 heterocycles. The van der Waals surface area contributed by atoms with Gasteiger partial charge in [0.15, 0.2) is 5.69 Å². The SMILES string of the molecule is CCOC(=O)c1cn(-c2cccc(COC)c2)cn1. The van der Waals surface area contributed by atoms with Crippen molar-refractivity contribution in [2.24, 2.45) is 0 Å². The van der Waals surface area contributed by atoms with Gasteiger partial charge in [-0.1, -0.05) is 12.1 Å². The highest BCUT2D eigenvalue weighted by Crippen LogP contribution is 2.12. The Morgan fingerprint density at radius 2 is 2.26 bits per heavy atom. The number of hydrogen-bond donors (Lipinski definition) is 0. The number of carbonyl (C=O) groups excluding carboxylic acids is 1. The van der Waals surface area contributed by atoms with Gasteiger partial charge >= 0.3 is 5.97 Å². The van der Waals surface area contributed by atoms with Gasteiger partial charge in [-0.15, -0.1) is 0 Å². The first-order chi connectivity index (χ1) is 9.24. The summed E-state index contributed by atoms with van der Waals surface area (Å²) in [6.45, 7) is 2.66. The van der Waals surface area contributed by atoms with Crippen molar-refractivity contribution in [3.8, 4) is 5.69 Å². The zero-order valence-corrected chi connectivity index (χ0v) is 11.0. The van der Waals surface area contributed by atoms with Gasteiger partial charge < -0.3 is 14.0 Å². The lowest BCUT2D eigenvalue weighted by Crippen LogP contribution is -2.04. The Bertz CT molecular complexity index is 563. The summed E-state index contributed by atoms with van der Waals surface area (Å²) in [5, 5.41) is 0. The van der Waals surface area contributed by atoms with Crippen molar-refractivity contribution in [3.05, 3.63) is 48.0 Å². The van der Waals surface area contributed by atoms with Crippen LogP contribution in [-0.2, 0) is 16.1 Å². The zero-order chi connectivity index (χ0) is 13.7. The monoisotopic (exact) mass is 260 g/mol. The van der Waals surface area contributed by atoms with Crippen LogP contribution in [0, 0.1) is 0 Å². The fraction of sp³-hybridized carbons (Fsp3) is 0.286. The highest BCUT2D eigenvalue weighted by Gasteiger charge is 2.10. The van der Waals surface area contributed by atoms with Crippen LogP contribution in [0.4, 0.5) is 0 Å². The van der Waals surface area contributed by atoms with Crippen LogP contribution in [0.25, 0.3) is 5.69 Å². The molecular weight excluding hydrogens is 244 g/mol. The van der Waals surface area contributed by atoms with E-state index in [-0.39, 0.29) is 0 Å². The van der Waals surface area contributed by atoms with E-state index in [4.69, 9.17) is 9.47 Å². The van der Waals surface area contributed by atoms with Gasteiger partial charge in [-0.25, -0.2) is 9.78 Å². The molecule has 0 unspecified atom stereocenters. The third kappa shape index (κ3) is 3.20. The maximum atomic E-state index is 11.5. The van der Waals surface area contributed by atoms with E-state index in [0.717, 1.165) is 11.3 Å². The Hall–Kier alpha value is -2.14. The fourth-order valence-corrected chi connectivity index (χ4v) is 1.75. The molecule has 0 aliphatic carbocycles. The van der Waals surface area contributed by atoms with Crippen molar-refractivity contribution in [1.29, 1.82) is 0 Å². The average Bonchev–Trinajstić information content (AvgIpc) is 2.89. The number of methoxy groups -OCH3 is 1. The summed E-state index contributed by atoms with van der Waals surface area (Å²) in [7, 11) is 1.66. The molecule has 0 fully saturated rings. The summed E-state index contributed by atoms with van der Waals surface area (Å²) in [4.78, 5) is 15.6. The van der Waals surface area contributed by atoms with Gasteiger partial charge in [0.2, 0.25) is 0 Å². The molecule has 0 saturated carbocycles. The van der Waals surface area contributed by atoms with E-state index in [0.29, 0.717) is 18.9 Å². The number of benzene rings is 1. The van der Waals surface area contributed by atoms with Gasteiger partial charge in [-0.2, -0.15) is 0 Å². The molecule has 100 valence electrons. The molecule has 0 spiro atoms. The van der Waals surface area contributed by atoms with E-state index in [1.165, 1.54) is 0 Å². The largest absolute Gasteiger partial charge is 0.461 e. The van der Waals surface area contributed by atoms with Crippen LogP contribution >= 0.6 is 0 Å². The fourth-order valence-electron chi connectivity index (χ4n) is 1.75. The van der Waals surface area contributed by atoms with Crippen LogP contribution in [0.3, 0.4) is 0 Å². The molecule has 0 saturated heterocycles. The second-order valence-corrected chi connectivity index (χ2v) is 3.99. The van der Waals surface area contributed by atoms with Crippen LogP contribution in [-0.4, -0.2) is 29.2 Å². The van der Waals surface area contributed by atoms with Gasteiger partial charge in [0.25, 0.3) is 0 Å². The third-order valence-corrected chi connectivity index (χ3v) is 2.59. The minimum Gasteiger partial charge on any atom is -0.461 e. The lowest BCUT2D eigenvalue weighted by molar-refractivity contribution is 0.0520. The van der Waals surface area contributed by atoms with Crippen molar-refractivity contribution in [3.63, 3.8) is 0 Å². The molecule has 2 rings (SSSR count). The van der Waals surface area contributed by atoms with Crippen LogP contribution in [0.15, 0.2) is 36.8 Å². The molecule has 0 aliphatic rings. The summed E-state index contributed by atoms with van der Waals surface area (Å²) in [5.74, 6) is -0.408. The van der Waals surface area contributed by atoms with E-state index in [9.17, 15) is 4.79 Å². The van der Waals surface area contributed by atoms with Crippen molar-refractivity contribution >= 4 is 5.97 Å². The molecule has 1 aromatic carbocycles. The molecule has 2 aromatic rings. The van der Waals surface area contributed by atoms with E-state index >= 15 is 0 Å². The summed E-state index contributed by atoms with van der Waals surface area (Å²) in [6.07, 6.45) is 3.25. The van der Waals surface area contributed by atoms with Crippen molar-refractivity contribution < 1.29 is 14.3 Å². The van der Waals surface area contributed by atoms with Gasteiger partial charge in [-0.05, 0) is 24.6 Å². The average molecular weight is 260 g/mol. The van der Waals surface area contributed by atoms with Crippen LogP contribution in [0.1, 0.15) is 23.0 Å². The van der Waals surface area contributed by atoms with Gasteiger partial charge in [-0.3, -0.25) is 0 Å². The first-order valence-corrected chi connectivity index (χ1v) is 6.04. The quantitative estimate of drug-likeness (QED) is 0.773. The standard InChI is InChI=1S/C14H16N2O3/c1-3-19-14(17)13-8-16(10-15-13)12-6-4-5-11(7-12)9-18-2/h4-8,10H,3,9H2,1-2H3. The maximum absolute atomic E-state index is 11.5. The summed E-state index contributed by atoms with van der Waals surface area (Å²) in [5.41, 5.74) is 2.29. The highest BCUT2D eigenvalue weighted by atomic mass is 16.5. The molecule has 0 amide bonds. The van der Waals surface area contributed by atoms with Crippen LogP contribution in [0.2, 0.25) is 0 Å². The third-order valence-electron chi connectivity index (χ3n) is 2.59. The van der Waals surface area contributed by atoms with E-state index in [1.807, 2.05) is 24.3 Å². The number of hydrogen-bond acceptors (Lipinski definition) is 4. The van der Waals surface area contributed by atoms with Gasteiger partial charge in [0, 0.05) is 19.0 Å². The second kappa shape index (κ2) is 6.15. The number of ether oxygens (including phenoxy) is 2. The minimum atomic E-state index is -0.408. The molecule has 0 atom stereocenters. The Balaban J connectivity index is 2.22. The van der Waals surface area contributed by atoms with Crippen LogP contribution in [0.5, 0.6) is 0 Å². The molecule has 19 heavy (non-hydrogen) atoms. The van der Waals surface area contributed by atoms with Crippen molar-refractivity contribution in [1.82, 2.24) is 9.55 Å². The number of nitrogens with zero attached hydrogens (tertiary/aromatic N) is 2. The first kappa shape index (κ1) is 13.3. The number of aromatic nitrogens is 2. The van der Waals surface area contributed by atoms with Gasteiger partial charge in [0.1, 0.15) is 6.33 Å². The molecule has 0 radical (unpaired) electrons. The number of rotatable bonds is 5. The molecule has 0 aliphatic heterocycles. The van der Waals surface area contributed by atoms with Crippen molar-refractivity contribution in [2.75, 3.05) is 13.7 Å². The molecule has 5 heteroatoms. The second-order valence-electron chi connectivity index (χ2n) is 3.99. The number of imidazole rings is 1. The predicted octanol–water partition coefficient (Wildman–Crippen LogP) is 2.20.